The lowest BCUT2D eigenvalue weighted by Gasteiger charge is -2.00. The van der Waals surface area contributed by atoms with Gasteiger partial charge in [-0.2, -0.15) is 0 Å². The van der Waals surface area contributed by atoms with Gasteiger partial charge in [0.25, 0.3) is 0 Å². The molecule has 0 saturated carbocycles. The number of allylic oxidation sites excluding steroid dienone is 1. The van der Waals surface area contributed by atoms with Crippen LogP contribution in [0.2, 0.25) is 0 Å². The van der Waals surface area contributed by atoms with Gasteiger partial charge >= 0.3 is 0 Å². The number of H-pyrrole nitrogens is 1. The molecule has 2 nitrogen and oxygen atoms in total. The van der Waals surface area contributed by atoms with Crippen LogP contribution >= 0.6 is 0 Å². The SMILES string of the molecule is Cc1ccc2c(c1)C(=Cc1ccc[nH]1)C=N2. The van der Waals surface area contributed by atoms with Crippen LogP contribution in [0.4, 0.5) is 5.69 Å². The number of aryl methyl sites for hydroxylation is 1. The van der Waals surface area contributed by atoms with Gasteiger partial charge in [0.2, 0.25) is 0 Å². The van der Waals surface area contributed by atoms with Crippen LogP contribution in [-0.2, 0) is 0 Å². The first-order valence-electron chi connectivity index (χ1n) is 5.33. The molecule has 0 unspecified atom stereocenters. The second-order valence-corrected chi connectivity index (χ2v) is 4.00. The van der Waals surface area contributed by atoms with Crippen LogP contribution in [0.25, 0.3) is 11.6 Å². The molecule has 78 valence electrons. The van der Waals surface area contributed by atoms with Gasteiger partial charge < -0.3 is 4.98 Å². The van der Waals surface area contributed by atoms with Gasteiger partial charge in [0.15, 0.2) is 0 Å². The number of benzene rings is 1. The first-order valence-corrected chi connectivity index (χ1v) is 5.33. The molecule has 0 spiro atoms. The topological polar surface area (TPSA) is 28.1 Å². The summed E-state index contributed by atoms with van der Waals surface area (Å²) in [5.74, 6) is 0. The Kier molecular flexibility index (Phi) is 2.00. The Labute approximate surface area is 94.4 Å². The maximum absolute atomic E-state index is 4.40. The summed E-state index contributed by atoms with van der Waals surface area (Å²) >= 11 is 0. The highest BCUT2D eigenvalue weighted by Gasteiger charge is 2.11. The van der Waals surface area contributed by atoms with Crippen molar-refractivity contribution in [3.63, 3.8) is 0 Å². The Hall–Kier alpha value is -2.09. The molecule has 0 amide bonds. The molecule has 3 rings (SSSR count). The van der Waals surface area contributed by atoms with Crippen molar-refractivity contribution >= 4 is 23.6 Å². The third-order valence-electron chi connectivity index (χ3n) is 2.74. The van der Waals surface area contributed by atoms with Crippen LogP contribution in [0.3, 0.4) is 0 Å². The van der Waals surface area contributed by atoms with Gasteiger partial charge in [0.05, 0.1) is 5.69 Å². The van der Waals surface area contributed by atoms with E-state index in [4.69, 9.17) is 0 Å². The molecule has 16 heavy (non-hydrogen) atoms. The summed E-state index contributed by atoms with van der Waals surface area (Å²) in [6.07, 6.45) is 5.97. The molecule has 2 aromatic rings. The molecule has 0 bridgehead atoms. The zero-order valence-corrected chi connectivity index (χ0v) is 9.07. The number of aromatic nitrogens is 1. The van der Waals surface area contributed by atoms with Crippen molar-refractivity contribution in [1.29, 1.82) is 0 Å². The number of fused-ring (bicyclic) bond motifs is 1. The van der Waals surface area contributed by atoms with Crippen LogP contribution < -0.4 is 0 Å². The van der Waals surface area contributed by atoms with Crippen molar-refractivity contribution in [3.05, 3.63) is 53.3 Å². The predicted molar refractivity (Wildman–Crippen MR) is 68.0 cm³/mol. The lowest BCUT2D eigenvalue weighted by molar-refractivity contribution is 1.38. The molecule has 0 fully saturated rings. The Morgan fingerprint density at radius 3 is 3.00 bits per heavy atom. The van der Waals surface area contributed by atoms with Crippen molar-refractivity contribution in [2.75, 3.05) is 0 Å². The third-order valence-corrected chi connectivity index (χ3v) is 2.74. The van der Waals surface area contributed by atoms with Gasteiger partial charge in [-0.25, -0.2) is 0 Å². The number of hydrogen-bond donors (Lipinski definition) is 1. The smallest absolute Gasteiger partial charge is 0.0708 e. The fourth-order valence-electron chi connectivity index (χ4n) is 1.92. The van der Waals surface area contributed by atoms with E-state index in [2.05, 4.69) is 47.2 Å². The van der Waals surface area contributed by atoms with Gasteiger partial charge in [0.1, 0.15) is 0 Å². The molecule has 1 aromatic heterocycles. The third kappa shape index (κ3) is 1.48. The highest BCUT2D eigenvalue weighted by molar-refractivity contribution is 6.21. The summed E-state index contributed by atoms with van der Waals surface area (Å²) in [7, 11) is 0. The number of rotatable bonds is 1. The van der Waals surface area contributed by atoms with E-state index in [9.17, 15) is 0 Å². The molecule has 2 heterocycles. The molecule has 0 radical (unpaired) electrons. The minimum absolute atomic E-state index is 1.06. The van der Waals surface area contributed by atoms with Crippen LogP contribution in [0.1, 0.15) is 16.8 Å². The van der Waals surface area contributed by atoms with Crippen LogP contribution in [0, 0.1) is 6.92 Å². The minimum atomic E-state index is 1.06. The van der Waals surface area contributed by atoms with Crippen LogP contribution in [0.15, 0.2) is 41.5 Å². The molecule has 1 N–H and O–H groups in total. The van der Waals surface area contributed by atoms with E-state index >= 15 is 0 Å². The predicted octanol–water partition coefficient (Wildman–Crippen LogP) is 3.58. The van der Waals surface area contributed by atoms with Gasteiger partial charge in [-0.1, -0.05) is 11.6 Å². The summed E-state index contributed by atoms with van der Waals surface area (Å²) in [5.41, 5.74) is 5.82. The highest BCUT2D eigenvalue weighted by Crippen LogP contribution is 2.32. The molecular weight excluding hydrogens is 196 g/mol. The fraction of sp³-hybridized carbons (Fsp3) is 0.0714. The monoisotopic (exact) mass is 208 g/mol. The molecule has 1 aromatic carbocycles. The number of nitrogens with one attached hydrogen (secondary N) is 1. The van der Waals surface area contributed by atoms with Gasteiger partial charge in [-0.3, -0.25) is 4.99 Å². The van der Waals surface area contributed by atoms with Crippen molar-refractivity contribution in [2.45, 2.75) is 6.92 Å². The standard InChI is InChI=1S/C14H12N2/c1-10-4-5-14-13(7-10)11(9-16-14)8-12-3-2-6-15-12/h2-9,15H,1H3. The van der Waals surface area contributed by atoms with E-state index in [0.29, 0.717) is 0 Å². The van der Waals surface area contributed by atoms with Crippen molar-refractivity contribution in [2.24, 2.45) is 4.99 Å². The molecule has 0 atom stereocenters. The van der Waals surface area contributed by atoms with Gasteiger partial charge in [0, 0.05) is 29.2 Å². The van der Waals surface area contributed by atoms with E-state index < -0.39 is 0 Å². The normalized spacial score (nSPS) is 15.7. The van der Waals surface area contributed by atoms with E-state index in [-0.39, 0.29) is 0 Å². The lowest BCUT2D eigenvalue weighted by Crippen LogP contribution is -1.82. The average molecular weight is 208 g/mol. The van der Waals surface area contributed by atoms with Crippen LogP contribution in [0.5, 0.6) is 0 Å². The minimum Gasteiger partial charge on any atom is -0.362 e. The summed E-state index contributed by atoms with van der Waals surface area (Å²) in [6.45, 7) is 2.10. The van der Waals surface area contributed by atoms with Crippen molar-refractivity contribution < 1.29 is 0 Å². The second-order valence-electron chi connectivity index (χ2n) is 4.00. The van der Waals surface area contributed by atoms with E-state index in [1.165, 1.54) is 16.7 Å². The quantitative estimate of drug-likeness (QED) is 0.742. The van der Waals surface area contributed by atoms with Crippen molar-refractivity contribution in [1.82, 2.24) is 4.98 Å². The maximum Gasteiger partial charge on any atom is 0.0708 e. The molecule has 2 heteroatoms. The number of aliphatic imine (C=N–C) groups is 1. The van der Waals surface area contributed by atoms with E-state index in [0.717, 1.165) is 11.4 Å². The second kappa shape index (κ2) is 3.49. The highest BCUT2D eigenvalue weighted by atomic mass is 14.8. The Morgan fingerprint density at radius 1 is 1.25 bits per heavy atom. The Morgan fingerprint density at radius 2 is 2.19 bits per heavy atom. The molecular formula is C14H12N2. The summed E-state index contributed by atoms with van der Waals surface area (Å²) in [5, 5.41) is 0. The number of nitrogens with zero attached hydrogens (tertiary/aromatic N) is 1. The first kappa shape index (κ1) is 9.16. The van der Waals surface area contributed by atoms with Crippen molar-refractivity contribution in [3.8, 4) is 0 Å². The van der Waals surface area contributed by atoms with E-state index in [1.54, 1.807) is 0 Å². The van der Waals surface area contributed by atoms with Crippen LogP contribution in [-0.4, -0.2) is 11.2 Å². The largest absolute Gasteiger partial charge is 0.362 e. The summed E-state index contributed by atoms with van der Waals surface area (Å²) in [6, 6.07) is 10.4. The summed E-state index contributed by atoms with van der Waals surface area (Å²) in [4.78, 5) is 7.57. The summed E-state index contributed by atoms with van der Waals surface area (Å²) < 4.78 is 0. The van der Waals surface area contributed by atoms with Gasteiger partial charge in [-0.15, -0.1) is 0 Å². The fourth-order valence-corrected chi connectivity index (χ4v) is 1.92. The Bertz CT molecular complexity index is 575. The maximum atomic E-state index is 4.40. The van der Waals surface area contributed by atoms with E-state index in [1.807, 2.05) is 18.5 Å². The zero-order chi connectivity index (χ0) is 11.0. The molecule has 0 saturated heterocycles. The number of hydrogen-bond acceptors (Lipinski definition) is 1. The van der Waals surface area contributed by atoms with Gasteiger partial charge in [-0.05, 0) is 37.3 Å². The Balaban J connectivity index is 2.09. The molecule has 1 aliphatic rings. The average Bonchev–Trinajstić information content (AvgIpc) is 2.90. The lowest BCUT2D eigenvalue weighted by atomic mass is 10.0. The molecule has 0 aliphatic carbocycles. The molecule has 1 aliphatic heterocycles. The number of aromatic amines is 1. The first-order chi connectivity index (χ1) is 7.83. The zero-order valence-electron chi connectivity index (χ0n) is 9.07.